The quantitative estimate of drug-likeness (QED) is 0.593. The highest BCUT2D eigenvalue weighted by molar-refractivity contribution is 6.08. The maximum Gasteiger partial charge on any atom is 0.158 e. The molecule has 2 aromatic carbocycles. The topological polar surface area (TPSA) is 38.1 Å². The van der Waals surface area contributed by atoms with Crippen molar-refractivity contribution in [2.75, 3.05) is 5.32 Å². The van der Waals surface area contributed by atoms with Crippen molar-refractivity contribution >= 4 is 27.6 Å². The first kappa shape index (κ1) is 12.0. The first-order valence-corrected chi connectivity index (χ1v) is 6.95. The fourth-order valence-corrected chi connectivity index (χ4v) is 2.59. The Hall–Kier alpha value is -2.81. The maximum absolute atomic E-state index is 5.99. The standard InChI is InChI=1S/C18H14N2O/c1-2-9-17-14(6-1)15-7-3-8-16(18(15)21-17)20-12-13-5-4-10-19-11-13/h1-11,20H,12H2. The molecule has 0 saturated heterocycles. The first-order chi connectivity index (χ1) is 10.4. The van der Waals surface area contributed by atoms with E-state index in [1.165, 1.54) is 0 Å². The third kappa shape index (κ3) is 2.13. The van der Waals surface area contributed by atoms with E-state index in [0.29, 0.717) is 0 Å². The highest BCUT2D eigenvalue weighted by Crippen LogP contribution is 2.33. The molecule has 0 aliphatic heterocycles. The third-order valence-corrected chi connectivity index (χ3v) is 3.61. The fourth-order valence-electron chi connectivity index (χ4n) is 2.59. The van der Waals surface area contributed by atoms with Gasteiger partial charge in [-0.25, -0.2) is 0 Å². The highest BCUT2D eigenvalue weighted by atomic mass is 16.3. The van der Waals surface area contributed by atoms with Gasteiger partial charge in [0.1, 0.15) is 5.58 Å². The Balaban J connectivity index is 1.75. The van der Waals surface area contributed by atoms with Gasteiger partial charge < -0.3 is 9.73 Å². The van der Waals surface area contributed by atoms with Crippen LogP contribution >= 0.6 is 0 Å². The molecular weight excluding hydrogens is 260 g/mol. The van der Waals surface area contributed by atoms with Crippen molar-refractivity contribution < 1.29 is 4.42 Å². The average Bonchev–Trinajstić information content (AvgIpc) is 2.93. The zero-order valence-corrected chi connectivity index (χ0v) is 11.4. The Labute approximate surface area is 122 Å². The predicted octanol–water partition coefficient (Wildman–Crippen LogP) is 4.59. The van der Waals surface area contributed by atoms with Crippen molar-refractivity contribution in [3.05, 3.63) is 72.6 Å². The summed E-state index contributed by atoms with van der Waals surface area (Å²) >= 11 is 0. The molecule has 0 amide bonds. The third-order valence-electron chi connectivity index (χ3n) is 3.61. The van der Waals surface area contributed by atoms with Gasteiger partial charge in [-0.2, -0.15) is 0 Å². The van der Waals surface area contributed by atoms with E-state index in [-0.39, 0.29) is 0 Å². The van der Waals surface area contributed by atoms with E-state index in [9.17, 15) is 0 Å². The number of nitrogens with one attached hydrogen (secondary N) is 1. The first-order valence-electron chi connectivity index (χ1n) is 6.95. The van der Waals surface area contributed by atoms with Gasteiger partial charge in [-0.15, -0.1) is 0 Å². The van der Waals surface area contributed by atoms with Gasteiger partial charge in [0.15, 0.2) is 5.58 Å². The molecule has 0 aliphatic carbocycles. The van der Waals surface area contributed by atoms with Gasteiger partial charge in [0, 0.05) is 29.7 Å². The minimum absolute atomic E-state index is 0.726. The van der Waals surface area contributed by atoms with E-state index < -0.39 is 0 Å². The molecule has 21 heavy (non-hydrogen) atoms. The van der Waals surface area contributed by atoms with E-state index in [1.807, 2.05) is 36.5 Å². The molecule has 3 heteroatoms. The molecule has 2 aromatic heterocycles. The van der Waals surface area contributed by atoms with Crippen molar-refractivity contribution in [2.45, 2.75) is 6.54 Å². The van der Waals surface area contributed by atoms with Gasteiger partial charge >= 0.3 is 0 Å². The zero-order valence-electron chi connectivity index (χ0n) is 11.4. The summed E-state index contributed by atoms with van der Waals surface area (Å²) in [6.07, 6.45) is 3.65. The van der Waals surface area contributed by atoms with Crippen LogP contribution in [0.25, 0.3) is 21.9 Å². The van der Waals surface area contributed by atoms with Crippen LogP contribution in [-0.2, 0) is 6.54 Å². The van der Waals surface area contributed by atoms with Crippen molar-refractivity contribution in [3.8, 4) is 0 Å². The molecule has 0 radical (unpaired) electrons. The largest absolute Gasteiger partial charge is 0.454 e. The number of anilines is 1. The number of hydrogen-bond acceptors (Lipinski definition) is 3. The minimum Gasteiger partial charge on any atom is -0.454 e. The molecular formula is C18H14N2O. The zero-order chi connectivity index (χ0) is 14.1. The van der Waals surface area contributed by atoms with Crippen molar-refractivity contribution in [3.63, 3.8) is 0 Å². The summed E-state index contributed by atoms with van der Waals surface area (Å²) in [5.41, 5.74) is 3.98. The van der Waals surface area contributed by atoms with Crippen molar-refractivity contribution in [2.24, 2.45) is 0 Å². The Kier molecular flexibility index (Phi) is 2.82. The molecule has 0 atom stereocenters. The molecule has 3 nitrogen and oxygen atoms in total. The van der Waals surface area contributed by atoms with E-state index >= 15 is 0 Å². The number of fused-ring (bicyclic) bond motifs is 3. The summed E-state index contributed by atoms with van der Waals surface area (Å²) in [5, 5.41) is 5.72. The van der Waals surface area contributed by atoms with Crippen LogP contribution in [0.1, 0.15) is 5.56 Å². The molecule has 1 N–H and O–H groups in total. The number of para-hydroxylation sites is 2. The number of hydrogen-bond donors (Lipinski definition) is 1. The Morgan fingerprint density at radius 3 is 2.71 bits per heavy atom. The summed E-state index contributed by atoms with van der Waals surface area (Å²) in [5.74, 6) is 0. The summed E-state index contributed by atoms with van der Waals surface area (Å²) < 4.78 is 5.99. The molecule has 0 saturated carbocycles. The smallest absolute Gasteiger partial charge is 0.158 e. The normalized spacial score (nSPS) is 11.0. The van der Waals surface area contributed by atoms with Crippen LogP contribution in [0.4, 0.5) is 5.69 Å². The molecule has 0 aliphatic rings. The highest BCUT2D eigenvalue weighted by Gasteiger charge is 2.09. The van der Waals surface area contributed by atoms with Gasteiger partial charge in [0.2, 0.25) is 0 Å². The molecule has 4 aromatic rings. The number of aromatic nitrogens is 1. The summed E-state index contributed by atoms with van der Waals surface area (Å²) in [7, 11) is 0. The Morgan fingerprint density at radius 2 is 1.81 bits per heavy atom. The molecule has 0 unspecified atom stereocenters. The minimum atomic E-state index is 0.726. The summed E-state index contributed by atoms with van der Waals surface area (Å²) in [4.78, 5) is 4.13. The van der Waals surface area contributed by atoms with E-state index in [1.54, 1.807) is 6.20 Å². The van der Waals surface area contributed by atoms with Crippen LogP contribution in [0.2, 0.25) is 0 Å². The molecule has 0 fully saturated rings. The molecule has 0 spiro atoms. The van der Waals surface area contributed by atoms with Crippen LogP contribution in [0.15, 0.2) is 71.4 Å². The van der Waals surface area contributed by atoms with Crippen molar-refractivity contribution in [1.29, 1.82) is 0 Å². The van der Waals surface area contributed by atoms with E-state index in [4.69, 9.17) is 4.42 Å². The lowest BCUT2D eigenvalue weighted by Gasteiger charge is -2.06. The summed E-state index contributed by atoms with van der Waals surface area (Å²) in [6.45, 7) is 0.726. The fraction of sp³-hybridized carbons (Fsp3) is 0.0556. The predicted molar refractivity (Wildman–Crippen MR) is 85.3 cm³/mol. The van der Waals surface area contributed by atoms with Gasteiger partial charge in [-0.1, -0.05) is 36.4 Å². The van der Waals surface area contributed by atoms with Gasteiger partial charge in [0.25, 0.3) is 0 Å². The number of rotatable bonds is 3. The van der Waals surface area contributed by atoms with Crippen molar-refractivity contribution in [1.82, 2.24) is 4.98 Å². The van der Waals surface area contributed by atoms with Crippen LogP contribution in [0.5, 0.6) is 0 Å². The number of furan rings is 1. The Morgan fingerprint density at radius 1 is 0.905 bits per heavy atom. The molecule has 0 bridgehead atoms. The molecule has 2 heterocycles. The molecule has 4 rings (SSSR count). The lowest BCUT2D eigenvalue weighted by atomic mass is 10.1. The summed E-state index contributed by atoms with van der Waals surface area (Å²) in [6, 6.07) is 18.3. The number of nitrogens with zero attached hydrogens (tertiary/aromatic N) is 1. The number of pyridine rings is 1. The van der Waals surface area contributed by atoms with Gasteiger partial charge in [-0.05, 0) is 23.8 Å². The average molecular weight is 274 g/mol. The maximum atomic E-state index is 5.99. The molecule has 102 valence electrons. The van der Waals surface area contributed by atoms with Crippen LogP contribution in [0, 0.1) is 0 Å². The van der Waals surface area contributed by atoms with Crippen LogP contribution in [0.3, 0.4) is 0 Å². The van der Waals surface area contributed by atoms with Crippen LogP contribution < -0.4 is 5.32 Å². The van der Waals surface area contributed by atoms with Gasteiger partial charge in [0.05, 0.1) is 5.69 Å². The lowest BCUT2D eigenvalue weighted by Crippen LogP contribution is -1.99. The lowest BCUT2D eigenvalue weighted by molar-refractivity contribution is 0.669. The van der Waals surface area contributed by atoms with Gasteiger partial charge in [-0.3, -0.25) is 4.98 Å². The Bertz CT molecular complexity index is 897. The van der Waals surface area contributed by atoms with E-state index in [2.05, 4.69) is 34.6 Å². The monoisotopic (exact) mass is 274 g/mol. The second kappa shape index (κ2) is 4.94. The number of benzene rings is 2. The van der Waals surface area contributed by atoms with Crippen LogP contribution in [-0.4, -0.2) is 4.98 Å². The second-order valence-corrected chi connectivity index (χ2v) is 5.00. The SMILES string of the molecule is c1cncc(CNc2cccc3c2oc2ccccc23)c1. The van der Waals surface area contributed by atoms with E-state index in [0.717, 1.165) is 39.7 Å². The second-order valence-electron chi connectivity index (χ2n) is 5.00.